The Hall–Kier alpha value is -1.13. The van der Waals surface area contributed by atoms with Crippen LogP contribution in [0.3, 0.4) is 0 Å². The molecular formula is C13H22N4. The first-order valence-electron chi connectivity index (χ1n) is 6.28. The Balaban J connectivity index is 1.83. The van der Waals surface area contributed by atoms with E-state index in [0.717, 1.165) is 37.4 Å². The van der Waals surface area contributed by atoms with E-state index in [0.29, 0.717) is 6.04 Å². The summed E-state index contributed by atoms with van der Waals surface area (Å²) in [6.07, 6.45) is 2.75. The van der Waals surface area contributed by atoms with Crippen LogP contribution in [0.25, 0.3) is 0 Å². The van der Waals surface area contributed by atoms with Crippen molar-refractivity contribution in [1.82, 2.24) is 14.8 Å². The quantitative estimate of drug-likeness (QED) is 0.842. The van der Waals surface area contributed by atoms with E-state index in [-0.39, 0.29) is 0 Å². The minimum Gasteiger partial charge on any atom is -0.397 e. The second kappa shape index (κ2) is 5.47. The number of hydrogen-bond donors (Lipinski definition) is 1. The number of anilines is 1. The predicted octanol–water partition coefficient (Wildman–Crippen LogP) is 0.842. The largest absolute Gasteiger partial charge is 0.397 e. The Morgan fingerprint density at radius 1 is 1.41 bits per heavy atom. The molecule has 1 saturated heterocycles. The van der Waals surface area contributed by atoms with Crippen LogP contribution in [0, 0.1) is 0 Å². The van der Waals surface area contributed by atoms with Crippen molar-refractivity contribution in [3.8, 4) is 0 Å². The van der Waals surface area contributed by atoms with Crippen LogP contribution in [0.1, 0.15) is 12.6 Å². The summed E-state index contributed by atoms with van der Waals surface area (Å²) in [6, 6.07) is 4.59. The summed E-state index contributed by atoms with van der Waals surface area (Å²) < 4.78 is 0. The monoisotopic (exact) mass is 234 g/mol. The van der Waals surface area contributed by atoms with Crippen LogP contribution in [0.4, 0.5) is 5.69 Å². The van der Waals surface area contributed by atoms with Crippen LogP contribution in [-0.4, -0.2) is 54.1 Å². The van der Waals surface area contributed by atoms with Crippen LogP contribution >= 0.6 is 0 Å². The lowest BCUT2D eigenvalue weighted by Gasteiger charge is -2.38. The van der Waals surface area contributed by atoms with E-state index in [4.69, 9.17) is 5.73 Å². The molecule has 1 aliphatic rings. The molecule has 1 unspecified atom stereocenters. The van der Waals surface area contributed by atoms with Gasteiger partial charge in [0.05, 0.1) is 11.9 Å². The van der Waals surface area contributed by atoms with E-state index in [1.54, 1.807) is 6.20 Å². The first kappa shape index (κ1) is 12.3. The van der Waals surface area contributed by atoms with Crippen molar-refractivity contribution in [2.75, 3.05) is 39.0 Å². The molecule has 1 aromatic rings. The molecule has 2 rings (SSSR count). The number of hydrogen-bond acceptors (Lipinski definition) is 4. The molecule has 2 heterocycles. The summed E-state index contributed by atoms with van der Waals surface area (Å²) in [4.78, 5) is 9.27. The molecule has 0 saturated carbocycles. The fourth-order valence-electron chi connectivity index (χ4n) is 2.35. The van der Waals surface area contributed by atoms with Gasteiger partial charge in [0.1, 0.15) is 0 Å². The van der Waals surface area contributed by atoms with Crippen LogP contribution < -0.4 is 5.73 Å². The maximum Gasteiger partial charge on any atom is 0.0501 e. The number of pyridine rings is 1. The van der Waals surface area contributed by atoms with E-state index < -0.39 is 0 Å². The van der Waals surface area contributed by atoms with Crippen molar-refractivity contribution >= 4 is 5.69 Å². The fourth-order valence-corrected chi connectivity index (χ4v) is 2.35. The van der Waals surface area contributed by atoms with Gasteiger partial charge in [-0.15, -0.1) is 0 Å². The maximum absolute atomic E-state index is 5.62. The fraction of sp³-hybridized carbons (Fsp3) is 0.615. The molecule has 0 amide bonds. The average Bonchev–Trinajstić information content (AvgIpc) is 2.30. The third-order valence-corrected chi connectivity index (χ3v) is 3.47. The molecule has 1 aromatic heterocycles. The highest BCUT2D eigenvalue weighted by Gasteiger charge is 2.20. The van der Waals surface area contributed by atoms with E-state index in [2.05, 4.69) is 28.8 Å². The predicted molar refractivity (Wildman–Crippen MR) is 70.9 cm³/mol. The Labute approximate surface area is 103 Å². The van der Waals surface area contributed by atoms with Crippen LogP contribution in [-0.2, 0) is 6.42 Å². The number of piperazine rings is 1. The molecule has 2 N–H and O–H groups in total. The third kappa shape index (κ3) is 3.41. The zero-order valence-corrected chi connectivity index (χ0v) is 10.8. The van der Waals surface area contributed by atoms with E-state index in [9.17, 15) is 0 Å². The molecule has 0 spiro atoms. The average molecular weight is 234 g/mol. The van der Waals surface area contributed by atoms with Crippen LogP contribution in [0.5, 0.6) is 0 Å². The lowest BCUT2D eigenvalue weighted by molar-refractivity contribution is 0.101. The molecule has 4 nitrogen and oxygen atoms in total. The standard InChI is InChI=1S/C13H22N4/c1-11-10-16(2)7-8-17(11)6-5-13-4-3-12(14)9-15-13/h3-4,9,11H,5-8,10,14H2,1-2H3. The van der Waals surface area contributed by atoms with Gasteiger partial charge in [0.25, 0.3) is 0 Å². The van der Waals surface area contributed by atoms with Gasteiger partial charge in [0.15, 0.2) is 0 Å². The minimum absolute atomic E-state index is 0.641. The molecule has 94 valence electrons. The second-order valence-corrected chi connectivity index (χ2v) is 4.98. The zero-order valence-electron chi connectivity index (χ0n) is 10.8. The van der Waals surface area contributed by atoms with Gasteiger partial charge in [-0.25, -0.2) is 0 Å². The van der Waals surface area contributed by atoms with Crippen molar-refractivity contribution in [3.63, 3.8) is 0 Å². The van der Waals surface area contributed by atoms with Crippen molar-refractivity contribution in [2.45, 2.75) is 19.4 Å². The van der Waals surface area contributed by atoms with Gasteiger partial charge in [-0.1, -0.05) is 0 Å². The summed E-state index contributed by atoms with van der Waals surface area (Å²) in [7, 11) is 2.19. The van der Waals surface area contributed by atoms with Gasteiger partial charge >= 0.3 is 0 Å². The molecule has 1 atom stereocenters. The second-order valence-electron chi connectivity index (χ2n) is 4.98. The molecule has 17 heavy (non-hydrogen) atoms. The van der Waals surface area contributed by atoms with Gasteiger partial charge in [0.2, 0.25) is 0 Å². The Bertz CT molecular complexity index is 349. The summed E-state index contributed by atoms with van der Waals surface area (Å²) in [5.41, 5.74) is 7.49. The first-order chi connectivity index (χ1) is 8.15. The molecule has 0 bridgehead atoms. The summed E-state index contributed by atoms with van der Waals surface area (Å²) >= 11 is 0. The minimum atomic E-state index is 0.641. The molecule has 4 heteroatoms. The number of rotatable bonds is 3. The highest BCUT2D eigenvalue weighted by molar-refractivity contribution is 5.34. The molecule has 0 aliphatic carbocycles. The number of nitrogen functional groups attached to an aromatic ring is 1. The zero-order chi connectivity index (χ0) is 12.3. The van der Waals surface area contributed by atoms with Gasteiger partial charge < -0.3 is 10.6 Å². The van der Waals surface area contributed by atoms with E-state index in [1.807, 2.05) is 12.1 Å². The number of aromatic nitrogens is 1. The van der Waals surface area contributed by atoms with E-state index in [1.165, 1.54) is 6.54 Å². The molecule has 0 aromatic carbocycles. The topological polar surface area (TPSA) is 45.4 Å². The highest BCUT2D eigenvalue weighted by atomic mass is 15.3. The van der Waals surface area contributed by atoms with Crippen molar-refractivity contribution in [1.29, 1.82) is 0 Å². The number of likely N-dealkylation sites (N-methyl/N-ethyl adjacent to an activating group) is 1. The smallest absolute Gasteiger partial charge is 0.0501 e. The molecular weight excluding hydrogens is 212 g/mol. The van der Waals surface area contributed by atoms with E-state index >= 15 is 0 Å². The highest BCUT2D eigenvalue weighted by Crippen LogP contribution is 2.09. The van der Waals surface area contributed by atoms with Crippen LogP contribution in [0.15, 0.2) is 18.3 Å². The first-order valence-corrected chi connectivity index (χ1v) is 6.28. The van der Waals surface area contributed by atoms with Crippen molar-refractivity contribution < 1.29 is 0 Å². The molecule has 1 aliphatic heterocycles. The Morgan fingerprint density at radius 3 is 2.88 bits per heavy atom. The Kier molecular flexibility index (Phi) is 3.97. The summed E-state index contributed by atoms with van der Waals surface area (Å²) in [5.74, 6) is 0. The maximum atomic E-state index is 5.62. The van der Waals surface area contributed by atoms with Crippen molar-refractivity contribution in [3.05, 3.63) is 24.0 Å². The number of nitrogens with two attached hydrogens (primary N) is 1. The van der Waals surface area contributed by atoms with Crippen LogP contribution in [0.2, 0.25) is 0 Å². The lowest BCUT2D eigenvalue weighted by Crippen LogP contribution is -2.50. The van der Waals surface area contributed by atoms with Gasteiger partial charge in [-0.2, -0.15) is 0 Å². The third-order valence-electron chi connectivity index (χ3n) is 3.47. The van der Waals surface area contributed by atoms with Crippen molar-refractivity contribution in [2.24, 2.45) is 0 Å². The number of nitrogens with zero attached hydrogens (tertiary/aromatic N) is 3. The lowest BCUT2D eigenvalue weighted by atomic mass is 10.1. The normalized spacial score (nSPS) is 22.8. The Morgan fingerprint density at radius 2 is 2.24 bits per heavy atom. The summed E-state index contributed by atoms with van der Waals surface area (Å²) in [6.45, 7) is 6.87. The summed E-state index contributed by atoms with van der Waals surface area (Å²) in [5, 5.41) is 0. The van der Waals surface area contributed by atoms with Gasteiger partial charge in [0, 0.05) is 44.3 Å². The van der Waals surface area contributed by atoms with Gasteiger partial charge in [-0.3, -0.25) is 9.88 Å². The molecule has 0 radical (unpaired) electrons. The van der Waals surface area contributed by atoms with Gasteiger partial charge in [-0.05, 0) is 26.1 Å². The SMILES string of the molecule is CC1CN(C)CCN1CCc1ccc(N)cn1. The molecule has 1 fully saturated rings.